The van der Waals surface area contributed by atoms with Gasteiger partial charge in [0.15, 0.2) is 0 Å². The minimum absolute atomic E-state index is 0.190. The van der Waals surface area contributed by atoms with Crippen molar-refractivity contribution in [2.75, 3.05) is 0 Å². The molecule has 2 heteroatoms. The topological polar surface area (TPSA) is 40.5 Å². The summed E-state index contributed by atoms with van der Waals surface area (Å²) in [5, 5.41) is 17.7. The van der Waals surface area contributed by atoms with Crippen molar-refractivity contribution in [1.82, 2.24) is 0 Å². The second-order valence-electron chi connectivity index (χ2n) is 2.32. The molecule has 0 unspecified atom stereocenters. The number of aliphatic hydroxyl groups is 1. The van der Waals surface area contributed by atoms with E-state index in [2.05, 4.69) is 0 Å². The molecule has 58 valence electrons. The van der Waals surface area contributed by atoms with Gasteiger partial charge in [0.2, 0.25) is 0 Å². The van der Waals surface area contributed by atoms with Crippen LogP contribution in [0.5, 0.6) is 5.75 Å². The summed E-state index contributed by atoms with van der Waals surface area (Å²) >= 11 is 0. The number of phenolic OH excluding ortho intramolecular Hbond substituents is 1. The highest BCUT2D eigenvalue weighted by atomic mass is 16.3. The molecule has 0 aliphatic carbocycles. The van der Waals surface area contributed by atoms with Crippen LogP contribution in [0.15, 0.2) is 24.5 Å². The third kappa shape index (κ3) is 1.52. The lowest BCUT2D eigenvalue weighted by Crippen LogP contribution is -1.80. The molecule has 1 rings (SSSR count). The number of hydrogen-bond donors (Lipinski definition) is 2. The third-order valence-corrected chi connectivity index (χ3v) is 1.54. The first kappa shape index (κ1) is 7.66. The highest BCUT2D eigenvalue weighted by molar-refractivity contribution is 5.59. The van der Waals surface area contributed by atoms with Crippen molar-refractivity contribution < 1.29 is 10.2 Å². The number of hydrogen-bond acceptors (Lipinski definition) is 2. The number of aromatic hydroxyl groups is 1. The normalized spacial score (nSPS) is 10.6. The number of benzene rings is 1. The molecule has 1 aromatic carbocycles. The molecular formula is C9H10O2. The van der Waals surface area contributed by atoms with Crippen molar-refractivity contribution in [1.29, 1.82) is 0 Å². The van der Waals surface area contributed by atoms with E-state index in [0.29, 0.717) is 5.56 Å². The second-order valence-corrected chi connectivity index (χ2v) is 2.32. The molecule has 2 N–H and O–H groups in total. The fourth-order valence-electron chi connectivity index (χ4n) is 0.957. The summed E-state index contributed by atoms with van der Waals surface area (Å²) in [6.45, 7) is 1.87. The first-order chi connectivity index (χ1) is 5.25. The van der Waals surface area contributed by atoms with Crippen molar-refractivity contribution in [2.45, 2.75) is 6.92 Å². The van der Waals surface area contributed by atoms with Gasteiger partial charge >= 0.3 is 0 Å². The van der Waals surface area contributed by atoms with Gasteiger partial charge in [0.1, 0.15) is 5.75 Å². The van der Waals surface area contributed by atoms with Crippen LogP contribution in [0.4, 0.5) is 0 Å². The van der Waals surface area contributed by atoms with Crippen molar-refractivity contribution in [2.24, 2.45) is 0 Å². The molecule has 0 aromatic heterocycles. The maximum Gasteiger partial charge on any atom is 0.123 e. The lowest BCUT2D eigenvalue weighted by molar-refractivity contribution is 0.468. The number of rotatable bonds is 1. The van der Waals surface area contributed by atoms with E-state index in [4.69, 9.17) is 5.11 Å². The molecule has 0 saturated heterocycles. The zero-order valence-corrected chi connectivity index (χ0v) is 6.28. The summed E-state index contributed by atoms with van der Waals surface area (Å²) in [5.41, 5.74) is 1.60. The zero-order chi connectivity index (χ0) is 8.27. The van der Waals surface area contributed by atoms with Crippen LogP contribution < -0.4 is 0 Å². The highest BCUT2D eigenvalue weighted by Gasteiger charge is 1.98. The molecule has 0 atom stereocenters. The molecule has 0 fully saturated rings. The SMILES string of the molecule is Cc1cccc(O)c1C=CO. The first-order valence-electron chi connectivity index (χ1n) is 3.35. The molecule has 0 bridgehead atoms. The molecule has 0 radical (unpaired) electrons. The Morgan fingerprint density at radius 3 is 2.64 bits per heavy atom. The Morgan fingerprint density at radius 1 is 1.36 bits per heavy atom. The fraction of sp³-hybridized carbons (Fsp3) is 0.111. The van der Waals surface area contributed by atoms with Gasteiger partial charge in [-0.15, -0.1) is 0 Å². The summed E-state index contributed by atoms with van der Waals surface area (Å²) in [6.07, 6.45) is 2.38. The number of aryl methyl sites for hydroxylation is 1. The Bertz CT molecular complexity index is 257. The molecule has 0 saturated carbocycles. The van der Waals surface area contributed by atoms with Gasteiger partial charge in [-0.3, -0.25) is 0 Å². The van der Waals surface area contributed by atoms with E-state index < -0.39 is 0 Å². The molecular weight excluding hydrogens is 140 g/mol. The third-order valence-electron chi connectivity index (χ3n) is 1.54. The van der Waals surface area contributed by atoms with Crippen molar-refractivity contribution in [3.63, 3.8) is 0 Å². The Labute approximate surface area is 65.4 Å². The molecule has 11 heavy (non-hydrogen) atoms. The van der Waals surface area contributed by atoms with E-state index in [-0.39, 0.29) is 5.75 Å². The van der Waals surface area contributed by atoms with Gasteiger partial charge in [-0.25, -0.2) is 0 Å². The summed E-state index contributed by atoms with van der Waals surface area (Å²) in [5.74, 6) is 0.190. The molecule has 1 aromatic rings. The van der Waals surface area contributed by atoms with Gasteiger partial charge in [0.05, 0.1) is 6.26 Å². The second kappa shape index (κ2) is 3.10. The van der Waals surface area contributed by atoms with Gasteiger partial charge < -0.3 is 10.2 Å². The van der Waals surface area contributed by atoms with Crippen LogP contribution >= 0.6 is 0 Å². The van der Waals surface area contributed by atoms with E-state index in [1.807, 2.05) is 13.0 Å². The van der Waals surface area contributed by atoms with Crippen LogP contribution in [0.3, 0.4) is 0 Å². The molecule has 0 amide bonds. The summed E-state index contributed by atoms with van der Waals surface area (Å²) < 4.78 is 0. The maximum absolute atomic E-state index is 9.26. The van der Waals surface area contributed by atoms with Crippen LogP contribution in [-0.2, 0) is 0 Å². The molecule has 2 nitrogen and oxygen atoms in total. The van der Waals surface area contributed by atoms with E-state index >= 15 is 0 Å². The maximum atomic E-state index is 9.26. The van der Waals surface area contributed by atoms with Crippen LogP contribution in [-0.4, -0.2) is 10.2 Å². The quantitative estimate of drug-likeness (QED) is 0.602. The van der Waals surface area contributed by atoms with E-state index in [0.717, 1.165) is 11.8 Å². The van der Waals surface area contributed by atoms with Gasteiger partial charge in [-0.1, -0.05) is 12.1 Å². The molecule has 0 heterocycles. The summed E-state index contributed by atoms with van der Waals surface area (Å²) in [4.78, 5) is 0. The molecule has 0 spiro atoms. The van der Waals surface area contributed by atoms with Crippen molar-refractivity contribution in [3.05, 3.63) is 35.6 Å². The predicted octanol–water partition coefficient (Wildman–Crippen LogP) is 2.23. The lowest BCUT2D eigenvalue weighted by atomic mass is 10.1. The van der Waals surface area contributed by atoms with Crippen LogP contribution in [0.2, 0.25) is 0 Å². The van der Waals surface area contributed by atoms with Gasteiger partial charge in [-0.05, 0) is 24.6 Å². The van der Waals surface area contributed by atoms with Gasteiger partial charge in [-0.2, -0.15) is 0 Å². The lowest BCUT2D eigenvalue weighted by Gasteiger charge is -2.01. The first-order valence-corrected chi connectivity index (χ1v) is 3.35. The zero-order valence-electron chi connectivity index (χ0n) is 6.28. The Morgan fingerprint density at radius 2 is 2.09 bits per heavy atom. The van der Waals surface area contributed by atoms with Gasteiger partial charge in [0.25, 0.3) is 0 Å². The minimum atomic E-state index is 0.190. The van der Waals surface area contributed by atoms with Crippen molar-refractivity contribution >= 4 is 6.08 Å². The van der Waals surface area contributed by atoms with E-state index in [1.54, 1.807) is 12.1 Å². The van der Waals surface area contributed by atoms with Crippen LogP contribution in [0.25, 0.3) is 6.08 Å². The smallest absolute Gasteiger partial charge is 0.123 e. The highest BCUT2D eigenvalue weighted by Crippen LogP contribution is 2.21. The Balaban J connectivity index is 3.20. The largest absolute Gasteiger partial charge is 0.516 e. The van der Waals surface area contributed by atoms with Gasteiger partial charge in [0, 0.05) is 5.56 Å². The average molecular weight is 150 g/mol. The van der Waals surface area contributed by atoms with E-state index in [1.165, 1.54) is 6.08 Å². The number of aliphatic hydroxyl groups excluding tert-OH is 1. The van der Waals surface area contributed by atoms with E-state index in [9.17, 15) is 5.11 Å². The van der Waals surface area contributed by atoms with Crippen LogP contribution in [0.1, 0.15) is 11.1 Å². The summed E-state index contributed by atoms with van der Waals surface area (Å²) in [7, 11) is 0. The summed E-state index contributed by atoms with van der Waals surface area (Å²) in [6, 6.07) is 5.22. The monoisotopic (exact) mass is 150 g/mol. The predicted molar refractivity (Wildman–Crippen MR) is 44.5 cm³/mol. The fourth-order valence-corrected chi connectivity index (χ4v) is 0.957. The standard InChI is InChI=1S/C9H10O2/c1-7-3-2-4-9(11)8(7)5-6-10/h2-6,10-11H,1H3. The van der Waals surface area contributed by atoms with Crippen molar-refractivity contribution in [3.8, 4) is 5.75 Å². The Hall–Kier alpha value is -1.44. The average Bonchev–Trinajstić information content (AvgIpc) is 1.97. The Kier molecular flexibility index (Phi) is 2.16. The number of phenols is 1. The molecule has 0 aliphatic heterocycles. The van der Waals surface area contributed by atoms with Crippen LogP contribution in [0, 0.1) is 6.92 Å². The minimum Gasteiger partial charge on any atom is -0.516 e. The molecule has 0 aliphatic rings.